The van der Waals surface area contributed by atoms with E-state index in [-0.39, 0.29) is 30.7 Å². The summed E-state index contributed by atoms with van der Waals surface area (Å²) in [7, 11) is 0. The summed E-state index contributed by atoms with van der Waals surface area (Å²) >= 11 is 0. The Balaban J connectivity index is 0.00000144. The van der Waals surface area contributed by atoms with Gasteiger partial charge in [-0.15, -0.1) is 24.8 Å². The molecule has 0 aromatic carbocycles. The monoisotopic (exact) mass is 377 g/mol. The lowest BCUT2D eigenvalue weighted by molar-refractivity contribution is -0.132. The summed E-state index contributed by atoms with van der Waals surface area (Å²) < 4.78 is 1.85. The van der Waals surface area contributed by atoms with Crippen molar-refractivity contribution in [2.45, 2.75) is 37.6 Å². The molecule has 2 N–H and O–H groups in total. The summed E-state index contributed by atoms with van der Waals surface area (Å²) in [6.07, 6.45) is 9.18. The van der Waals surface area contributed by atoms with Crippen LogP contribution >= 0.6 is 24.8 Å². The summed E-state index contributed by atoms with van der Waals surface area (Å²) in [4.78, 5) is 15.3. The van der Waals surface area contributed by atoms with Gasteiger partial charge in [-0.3, -0.25) is 9.48 Å². The molecular weight excluding hydrogens is 349 g/mol. The maximum Gasteiger partial charge on any atom is 0.248 e. The molecule has 138 valence electrons. The van der Waals surface area contributed by atoms with E-state index in [0.717, 1.165) is 39.0 Å². The summed E-state index contributed by atoms with van der Waals surface area (Å²) in [5.41, 5.74) is -0.517. The lowest BCUT2D eigenvalue weighted by Gasteiger charge is -2.36. The molecule has 0 atom stereocenters. The molecule has 0 spiro atoms. The maximum atomic E-state index is 12.8. The number of aromatic nitrogens is 2. The van der Waals surface area contributed by atoms with Crippen LogP contribution in [0.1, 0.15) is 32.1 Å². The van der Waals surface area contributed by atoms with Crippen LogP contribution in [-0.2, 0) is 10.3 Å². The van der Waals surface area contributed by atoms with Crippen LogP contribution in [0.2, 0.25) is 0 Å². The van der Waals surface area contributed by atoms with Gasteiger partial charge in [0.05, 0.1) is 0 Å². The van der Waals surface area contributed by atoms with Crippen LogP contribution in [0, 0.1) is 0 Å². The standard InChI is InChI=1S/C16H27N5O.2ClH/c22-15(18-10-14-20-11-2-1-3-12-20)16(5-8-17-9-6-16)21-13-4-7-19-21;;/h4,7,13,17H,1-3,5-6,8-12,14H2,(H,18,22);2*1H. The number of hydrogen-bond acceptors (Lipinski definition) is 4. The normalized spacial score (nSPS) is 20.5. The fourth-order valence-corrected chi connectivity index (χ4v) is 3.60. The summed E-state index contributed by atoms with van der Waals surface area (Å²) in [6.45, 7) is 5.75. The number of amides is 1. The van der Waals surface area contributed by atoms with Crippen LogP contribution in [0.5, 0.6) is 0 Å². The largest absolute Gasteiger partial charge is 0.353 e. The van der Waals surface area contributed by atoms with E-state index in [2.05, 4.69) is 20.6 Å². The molecule has 3 heterocycles. The van der Waals surface area contributed by atoms with E-state index >= 15 is 0 Å². The average Bonchev–Trinajstić information content (AvgIpc) is 3.11. The van der Waals surface area contributed by atoms with Crippen LogP contribution in [0.4, 0.5) is 0 Å². The fourth-order valence-electron chi connectivity index (χ4n) is 3.60. The number of nitrogens with zero attached hydrogens (tertiary/aromatic N) is 3. The van der Waals surface area contributed by atoms with Gasteiger partial charge in [0.2, 0.25) is 5.91 Å². The second-order valence-electron chi connectivity index (χ2n) is 6.39. The molecule has 2 saturated heterocycles. The molecule has 0 unspecified atom stereocenters. The van der Waals surface area contributed by atoms with Crippen LogP contribution < -0.4 is 10.6 Å². The van der Waals surface area contributed by atoms with E-state index in [4.69, 9.17) is 0 Å². The second-order valence-corrected chi connectivity index (χ2v) is 6.39. The van der Waals surface area contributed by atoms with Crippen molar-refractivity contribution >= 4 is 30.7 Å². The van der Waals surface area contributed by atoms with Crippen molar-refractivity contribution in [3.63, 3.8) is 0 Å². The zero-order chi connectivity index (χ0) is 15.3. The molecule has 0 bridgehead atoms. The molecule has 6 nitrogen and oxygen atoms in total. The fraction of sp³-hybridized carbons (Fsp3) is 0.750. The van der Waals surface area contributed by atoms with Gasteiger partial charge in [0.1, 0.15) is 5.54 Å². The molecule has 3 rings (SSSR count). The quantitative estimate of drug-likeness (QED) is 0.814. The molecule has 1 aromatic heterocycles. The highest BCUT2D eigenvalue weighted by atomic mass is 35.5. The number of carbonyl (C=O) groups excluding carboxylic acids is 1. The first-order valence-electron chi connectivity index (χ1n) is 8.53. The molecule has 0 aliphatic carbocycles. The highest BCUT2D eigenvalue weighted by molar-refractivity contribution is 5.85. The van der Waals surface area contributed by atoms with E-state index in [1.54, 1.807) is 6.20 Å². The minimum absolute atomic E-state index is 0. The third kappa shape index (κ3) is 4.85. The van der Waals surface area contributed by atoms with Gasteiger partial charge >= 0.3 is 0 Å². The number of nitrogens with one attached hydrogen (secondary N) is 2. The van der Waals surface area contributed by atoms with E-state index in [9.17, 15) is 4.79 Å². The topological polar surface area (TPSA) is 62.2 Å². The molecule has 8 heteroatoms. The number of halogens is 2. The predicted octanol–water partition coefficient (Wildman–Crippen LogP) is 1.41. The van der Waals surface area contributed by atoms with Crippen LogP contribution in [-0.4, -0.2) is 59.9 Å². The molecule has 1 aromatic rings. The van der Waals surface area contributed by atoms with E-state index in [1.165, 1.54) is 32.4 Å². The molecule has 2 fully saturated rings. The van der Waals surface area contributed by atoms with Crippen molar-refractivity contribution in [1.82, 2.24) is 25.3 Å². The van der Waals surface area contributed by atoms with Gasteiger partial charge in [0.15, 0.2) is 0 Å². The number of carbonyl (C=O) groups is 1. The number of likely N-dealkylation sites (tertiary alicyclic amines) is 1. The highest BCUT2D eigenvalue weighted by Crippen LogP contribution is 2.27. The maximum absolute atomic E-state index is 12.8. The zero-order valence-corrected chi connectivity index (χ0v) is 15.7. The summed E-state index contributed by atoms with van der Waals surface area (Å²) in [5.74, 6) is 0.120. The summed E-state index contributed by atoms with van der Waals surface area (Å²) in [6, 6.07) is 1.89. The number of piperidine rings is 2. The Morgan fingerprint density at radius 1 is 1.17 bits per heavy atom. The molecule has 24 heavy (non-hydrogen) atoms. The molecule has 0 saturated carbocycles. The third-order valence-electron chi connectivity index (χ3n) is 4.96. The van der Waals surface area contributed by atoms with Crippen LogP contribution in [0.15, 0.2) is 18.5 Å². The van der Waals surface area contributed by atoms with Gasteiger partial charge in [-0.25, -0.2) is 0 Å². The van der Waals surface area contributed by atoms with Gasteiger partial charge in [-0.1, -0.05) is 6.42 Å². The van der Waals surface area contributed by atoms with Crippen molar-refractivity contribution in [2.75, 3.05) is 39.3 Å². The van der Waals surface area contributed by atoms with Gasteiger partial charge in [-0.2, -0.15) is 5.10 Å². The number of rotatable bonds is 5. The average molecular weight is 378 g/mol. The Morgan fingerprint density at radius 3 is 2.50 bits per heavy atom. The van der Waals surface area contributed by atoms with Crippen LogP contribution in [0.25, 0.3) is 0 Å². The molecular formula is C16H29Cl2N5O. The first-order valence-corrected chi connectivity index (χ1v) is 8.53. The lowest BCUT2D eigenvalue weighted by Crippen LogP contribution is -2.55. The van der Waals surface area contributed by atoms with Crippen LogP contribution in [0.3, 0.4) is 0 Å². The van der Waals surface area contributed by atoms with Gasteiger partial charge in [0.25, 0.3) is 0 Å². The van der Waals surface area contributed by atoms with E-state index in [1.807, 2.05) is 16.9 Å². The minimum atomic E-state index is -0.517. The van der Waals surface area contributed by atoms with Crippen molar-refractivity contribution < 1.29 is 4.79 Å². The second kappa shape index (κ2) is 10.2. The first-order chi connectivity index (χ1) is 10.8. The Hall–Kier alpha value is -0.820. The molecule has 1 amide bonds. The molecule has 2 aliphatic heterocycles. The summed E-state index contributed by atoms with van der Waals surface area (Å²) in [5, 5.41) is 10.8. The Kier molecular flexibility index (Phi) is 9.05. The minimum Gasteiger partial charge on any atom is -0.353 e. The Bertz CT molecular complexity index is 471. The van der Waals surface area contributed by atoms with Crippen molar-refractivity contribution in [2.24, 2.45) is 0 Å². The van der Waals surface area contributed by atoms with Crippen molar-refractivity contribution in [3.8, 4) is 0 Å². The van der Waals surface area contributed by atoms with Crippen molar-refractivity contribution in [3.05, 3.63) is 18.5 Å². The smallest absolute Gasteiger partial charge is 0.248 e. The van der Waals surface area contributed by atoms with E-state index in [0.29, 0.717) is 0 Å². The van der Waals surface area contributed by atoms with Gasteiger partial charge in [0, 0.05) is 25.5 Å². The highest BCUT2D eigenvalue weighted by Gasteiger charge is 2.41. The molecule has 0 radical (unpaired) electrons. The lowest BCUT2D eigenvalue weighted by atomic mass is 9.87. The number of hydrogen-bond donors (Lipinski definition) is 2. The molecule has 2 aliphatic rings. The van der Waals surface area contributed by atoms with E-state index < -0.39 is 5.54 Å². The Morgan fingerprint density at radius 2 is 1.88 bits per heavy atom. The first kappa shape index (κ1) is 21.2. The SMILES string of the molecule is Cl.Cl.O=C(NCCN1CCCCC1)C1(n2cccn2)CCNCC1. The Labute approximate surface area is 156 Å². The van der Waals surface area contributed by atoms with Gasteiger partial charge in [-0.05, 0) is 57.9 Å². The zero-order valence-electron chi connectivity index (χ0n) is 14.1. The van der Waals surface area contributed by atoms with Gasteiger partial charge < -0.3 is 15.5 Å². The predicted molar refractivity (Wildman–Crippen MR) is 100 cm³/mol. The third-order valence-corrected chi connectivity index (χ3v) is 4.96. The van der Waals surface area contributed by atoms with Crippen molar-refractivity contribution in [1.29, 1.82) is 0 Å².